The highest BCUT2D eigenvalue weighted by Crippen LogP contribution is 2.26. The fourth-order valence-electron chi connectivity index (χ4n) is 3.44. The molecule has 0 saturated heterocycles. The molecular weight excluding hydrogens is 272 g/mol. The zero-order valence-electron chi connectivity index (χ0n) is 13.4. The van der Waals surface area contributed by atoms with Gasteiger partial charge >= 0.3 is 0 Å². The normalized spacial score (nSPS) is 15.4. The lowest BCUT2D eigenvalue weighted by Gasteiger charge is -2.20. The number of rotatable bonds is 3. The average Bonchev–Trinajstić information content (AvgIpc) is 2.54. The summed E-state index contributed by atoms with van der Waals surface area (Å²) < 4.78 is 1.79. The molecule has 1 heterocycles. The highest BCUT2D eigenvalue weighted by Gasteiger charge is 2.17. The molecule has 1 aliphatic rings. The van der Waals surface area contributed by atoms with Crippen LogP contribution in [0.5, 0.6) is 0 Å². The van der Waals surface area contributed by atoms with Crippen LogP contribution < -0.4 is 11.3 Å². The molecule has 3 rings (SSSR count). The molecule has 22 heavy (non-hydrogen) atoms. The van der Waals surface area contributed by atoms with Crippen LogP contribution in [-0.2, 0) is 19.4 Å². The van der Waals surface area contributed by atoms with Crippen LogP contribution in [0.1, 0.15) is 53.8 Å². The van der Waals surface area contributed by atoms with E-state index in [1.165, 1.54) is 24.0 Å². The van der Waals surface area contributed by atoms with Crippen molar-refractivity contribution < 1.29 is 0 Å². The topological polar surface area (TPSA) is 48.0 Å². The lowest BCUT2D eigenvalue weighted by molar-refractivity contribution is 0.673. The molecule has 1 aromatic heterocycles. The number of hydrogen-bond donors (Lipinski definition) is 1. The van der Waals surface area contributed by atoms with Crippen molar-refractivity contribution in [3.05, 3.63) is 68.6 Å². The fourth-order valence-corrected chi connectivity index (χ4v) is 3.44. The Morgan fingerprint density at radius 2 is 1.86 bits per heavy atom. The van der Waals surface area contributed by atoms with Gasteiger partial charge in [-0.1, -0.05) is 18.2 Å². The zero-order valence-corrected chi connectivity index (χ0v) is 13.4. The van der Waals surface area contributed by atoms with E-state index in [4.69, 9.17) is 5.73 Å². The first kappa shape index (κ1) is 15.0. The van der Waals surface area contributed by atoms with Gasteiger partial charge < -0.3 is 10.3 Å². The number of hydrogen-bond acceptors (Lipinski definition) is 2. The van der Waals surface area contributed by atoms with Gasteiger partial charge in [0.15, 0.2) is 0 Å². The molecule has 3 heteroatoms. The summed E-state index contributed by atoms with van der Waals surface area (Å²) in [5.74, 6) is 0. The van der Waals surface area contributed by atoms with Gasteiger partial charge in [-0.2, -0.15) is 0 Å². The summed E-state index contributed by atoms with van der Waals surface area (Å²) in [6, 6.07) is 10.0. The van der Waals surface area contributed by atoms with Crippen molar-refractivity contribution in [3.8, 4) is 0 Å². The highest BCUT2D eigenvalue weighted by atomic mass is 16.1. The Balaban J connectivity index is 2.01. The summed E-state index contributed by atoms with van der Waals surface area (Å²) in [7, 11) is 0. The summed E-state index contributed by atoms with van der Waals surface area (Å²) in [6.07, 6.45) is 4.82. The number of aromatic nitrogens is 1. The van der Waals surface area contributed by atoms with Crippen molar-refractivity contribution >= 4 is 0 Å². The van der Waals surface area contributed by atoms with E-state index in [9.17, 15) is 4.79 Å². The number of aryl methyl sites for hydroxylation is 3. The lowest BCUT2D eigenvalue weighted by atomic mass is 9.88. The van der Waals surface area contributed by atoms with Crippen molar-refractivity contribution in [2.45, 2.75) is 52.1 Å². The maximum Gasteiger partial charge on any atom is 0.255 e. The predicted octanol–water partition coefficient (Wildman–Crippen LogP) is 3.10. The van der Waals surface area contributed by atoms with Crippen LogP contribution in [0.2, 0.25) is 0 Å². The van der Waals surface area contributed by atoms with Gasteiger partial charge in [0.2, 0.25) is 0 Å². The first-order valence-corrected chi connectivity index (χ1v) is 8.19. The van der Waals surface area contributed by atoms with E-state index in [2.05, 4.69) is 18.2 Å². The third-order valence-corrected chi connectivity index (χ3v) is 4.80. The van der Waals surface area contributed by atoms with Gasteiger partial charge in [-0.3, -0.25) is 4.79 Å². The zero-order chi connectivity index (χ0) is 15.7. The van der Waals surface area contributed by atoms with Gasteiger partial charge in [-0.15, -0.1) is 0 Å². The lowest BCUT2D eigenvalue weighted by Crippen LogP contribution is -2.29. The largest absolute Gasteiger partial charge is 0.320 e. The summed E-state index contributed by atoms with van der Waals surface area (Å²) in [5, 5.41) is 0. The first-order chi connectivity index (χ1) is 10.6. The number of nitrogens with zero attached hydrogens (tertiary/aromatic N) is 1. The fraction of sp³-hybridized carbons (Fsp3) is 0.421. The molecule has 1 atom stereocenters. The summed E-state index contributed by atoms with van der Waals surface area (Å²) in [6.45, 7) is 4.62. The van der Waals surface area contributed by atoms with Gasteiger partial charge in [0, 0.05) is 17.8 Å². The van der Waals surface area contributed by atoms with Gasteiger partial charge in [-0.25, -0.2) is 0 Å². The molecule has 1 aliphatic carbocycles. The Kier molecular flexibility index (Phi) is 4.16. The van der Waals surface area contributed by atoms with Crippen LogP contribution in [0.3, 0.4) is 0 Å². The summed E-state index contributed by atoms with van der Waals surface area (Å²) in [4.78, 5) is 12.6. The average molecular weight is 296 g/mol. The molecule has 1 aromatic carbocycles. The second-order valence-corrected chi connectivity index (χ2v) is 6.19. The van der Waals surface area contributed by atoms with Crippen LogP contribution in [0.25, 0.3) is 0 Å². The second kappa shape index (κ2) is 6.09. The van der Waals surface area contributed by atoms with E-state index < -0.39 is 0 Å². The van der Waals surface area contributed by atoms with Crippen molar-refractivity contribution in [1.29, 1.82) is 0 Å². The van der Waals surface area contributed by atoms with Crippen LogP contribution in [0.15, 0.2) is 35.1 Å². The van der Waals surface area contributed by atoms with E-state index in [1.807, 2.05) is 26.0 Å². The van der Waals surface area contributed by atoms with Gasteiger partial charge in [0.25, 0.3) is 5.56 Å². The Bertz CT molecular complexity index is 746. The van der Waals surface area contributed by atoms with Crippen molar-refractivity contribution in [2.24, 2.45) is 5.73 Å². The van der Waals surface area contributed by atoms with Crippen molar-refractivity contribution in [1.82, 2.24) is 4.57 Å². The van der Waals surface area contributed by atoms with Gasteiger partial charge in [0.05, 0.1) is 6.04 Å². The molecule has 0 bridgehead atoms. The minimum Gasteiger partial charge on any atom is -0.320 e. The number of nitrogens with two attached hydrogens (primary N) is 1. The molecular formula is C19H24N2O. The minimum atomic E-state index is -0.349. The predicted molar refractivity (Wildman–Crippen MR) is 90.2 cm³/mol. The third-order valence-electron chi connectivity index (χ3n) is 4.80. The second-order valence-electron chi connectivity index (χ2n) is 6.19. The van der Waals surface area contributed by atoms with Gasteiger partial charge in [-0.05, 0) is 68.4 Å². The molecule has 3 nitrogen and oxygen atoms in total. The van der Waals surface area contributed by atoms with Crippen LogP contribution in [0.4, 0.5) is 0 Å². The van der Waals surface area contributed by atoms with Crippen LogP contribution in [0, 0.1) is 6.92 Å². The molecule has 1 unspecified atom stereocenters. The maximum absolute atomic E-state index is 12.6. The van der Waals surface area contributed by atoms with E-state index >= 15 is 0 Å². The summed E-state index contributed by atoms with van der Waals surface area (Å²) in [5.41, 5.74) is 12.0. The molecule has 0 fully saturated rings. The molecule has 0 spiro atoms. The van der Waals surface area contributed by atoms with E-state index in [0.717, 1.165) is 24.1 Å². The molecule has 0 aliphatic heterocycles. The Hall–Kier alpha value is -1.87. The molecule has 2 N–H and O–H groups in total. The third kappa shape index (κ3) is 2.61. The van der Waals surface area contributed by atoms with E-state index in [-0.39, 0.29) is 11.6 Å². The Morgan fingerprint density at radius 1 is 1.14 bits per heavy atom. The quantitative estimate of drug-likeness (QED) is 0.946. The van der Waals surface area contributed by atoms with Crippen LogP contribution in [-0.4, -0.2) is 4.57 Å². The highest BCUT2D eigenvalue weighted by molar-refractivity contribution is 5.38. The Labute approximate surface area is 131 Å². The standard InChI is InChI=1S/C19H24N2O/c1-3-21-13(2)8-11-17(19(21)22)18(20)16-10-9-14-6-4-5-7-15(14)12-16/h8-12,18H,3-7,20H2,1-2H3. The number of pyridine rings is 1. The summed E-state index contributed by atoms with van der Waals surface area (Å²) >= 11 is 0. The number of benzene rings is 1. The molecule has 0 radical (unpaired) electrons. The number of fused-ring (bicyclic) bond motifs is 1. The van der Waals surface area contributed by atoms with E-state index in [0.29, 0.717) is 12.1 Å². The Morgan fingerprint density at radius 3 is 2.59 bits per heavy atom. The molecule has 116 valence electrons. The SMILES string of the molecule is CCn1c(C)ccc(C(N)c2ccc3c(c2)CCCC3)c1=O. The molecule has 0 amide bonds. The smallest absolute Gasteiger partial charge is 0.255 e. The van der Waals surface area contributed by atoms with E-state index in [1.54, 1.807) is 4.57 Å². The first-order valence-electron chi connectivity index (χ1n) is 8.19. The van der Waals surface area contributed by atoms with Crippen LogP contribution >= 0.6 is 0 Å². The maximum atomic E-state index is 12.6. The van der Waals surface area contributed by atoms with Crippen molar-refractivity contribution in [2.75, 3.05) is 0 Å². The molecule has 0 saturated carbocycles. The van der Waals surface area contributed by atoms with Gasteiger partial charge in [0.1, 0.15) is 0 Å². The molecule has 2 aromatic rings. The monoisotopic (exact) mass is 296 g/mol. The minimum absolute atomic E-state index is 0.0349. The van der Waals surface area contributed by atoms with Crippen molar-refractivity contribution in [3.63, 3.8) is 0 Å².